The van der Waals surface area contributed by atoms with Crippen LogP contribution < -0.4 is 10.4 Å². The van der Waals surface area contributed by atoms with E-state index in [1.807, 2.05) is 18.2 Å². The fourth-order valence-electron chi connectivity index (χ4n) is 2.61. The smallest absolute Gasteiger partial charge is 0.108 e. The highest BCUT2D eigenvalue weighted by Gasteiger charge is 2.03. The second-order valence-corrected chi connectivity index (χ2v) is 5.72. The molecule has 0 N–H and O–H groups in total. The van der Waals surface area contributed by atoms with E-state index in [0.29, 0.717) is 11.6 Å². The van der Waals surface area contributed by atoms with Crippen LogP contribution in [0, 0.1) is 0 Å². The molecule has 0 unspecified atom stereocenters. The highest BCUT2D eigenvalue weighted by atomic mass is 32.1. The molecule has 0 heterocycles. The van der Waals surface area contributed by atoms with Gasteiger partial charge in [0.05, 0.1) is 0 Å². The summed E-state index contributed by atoms with van der Waals surface area (Å²) < 4.78 is 13.2. The lowest BCUT2D eigenvalue weighted by atomic mass is 10.1. The molecule has 0 spiro atoms. The van der Waals surface area contributed by atoms with Crippen molar-refractivity contribution in [2.75, 3.05) is 0 Å². The Morgan fingerprint density at radius 1 is 0.773 bits per heavy atom. The van der Waals surface area contributed by atoms with Gasteiger partial charge in [0, 0.05) is 16.5 Å². The monoisotopic (exact) mass is 308 g/mol. The van der Waals surface area contributed by atoms with Crippen molar-refractivity contribution in [1.29, 1.82) is 0 Å². The summed E-state index contributed by atoms with van der Waals surface area (Å²) in [5.41, 5.74) is 0. The number of benzene rings is 3. The fourth-order valence-corrected chi connectivity index (χ4v) is 2.91. The molecule has 1 aliphatic carbocycles. The Balaban J connectivity index is 0.000000133. The van der Waals surface area contributed by atoms with Crippen molar-refractivity contribution in [2.24, 2.45) is 0 Å². The minimum Gasteiger partial charge on any atom is -0.211 e. The summed E-state index contributed by atoms with van der Waals surface area (Å²) in [6.45, 7) is 0. The lowest BCUT2D eigenvalue weighted by molar-refractivity contribution is 0.695. The SMILES string of the molecule is FC1=c2cccc(S)c2=CCC1.c1ccc2ccccc2c1. The molecule has 3 aromatic carbocycles. The van der Waals surface area contributed by atoms with Crippen molar-refractivity contribution < 1.29 is 4.39 Å². The van der Waals surface area contributed by atoms with Gasteiger partial charge in [-0.15, -0.1) is 12.6 Å². The van der Waals surface area contributed by atoms with Gasteiger partial charge in [0.25, 0.3) is 0 Å². The van der Waals surface area contributed by atoms with E-state index in [-0.39, 0.29) is 5.83 Å². The van der Waals surface area contributed by atoms with Crippen LogP contribution in [0.4, 0.5) is 4.39 Å². The van der Waals surface area contributed by atoms with Crippen LogP contribution in [0.2, 0.25) is 0 Å². The zero-order valence-electron chi connectivity index (χ0n) is 12.2. The predicted octanol–water partition coefficient (Wildman–Crippen LogP) is 4.47. The molecule has 0 bridgehead atoms. The van der Waals surface area contributed by atoms with E-state index >= 15 is 0 Å². The molecule has 110 valence electrons. The van der Waals surface area contributed by atoms with Crippen molar-refractivity contribution >= 4 is 35.3 Å². The van der Waals surface area contributed by atoms with Crippen molar-refractivity contribution in [1.82, 2.24) is 0 Å². The first-order valence-electron chi connectivity index (χ1n) is 7.36. The number of hydrogen-bond donors (Lipinski definition) is 1. The van der Waals surface area contributed by atoms with Crippen molar-refractivity contribution in [3.8, 4) is 0 Å². The van der Waals surface area contributed by atoms with Gasteiger partial charge in [-0.25, -0.2) is 4.39 Å². The van der Waals surface area contributed by atoms with Crippen molar-refractivity contribution in [3.63, 3.8) is 0 Å². The van der Waals surface area contributed by atoms with Gasteiger partial charge in [-0.1, -0.05) is 66.7 Å². The summed E-state index contributed by atoms with van der Waals surface area (Å²) in [4.78, 5) is 0.863. The van der Waals surface area contributed by atoms with Crippen LogP contribution in [-0.2, 0) is 0 Å². The maximum atomic E-state index is 13.2. The van der Waals surface area contributed by atoms with Gasteiger partial charge in [0.1, 0.15) is 5.83 Å². The molecule has 3 aromatic rings. The van der Waals surface area contributed by atoms with Crippen molar-refractivity contribution in [2.45, 2.75) is 17.7 Å². The lowest BCUT2D eigenvalue weighted by Crippen LogP contribution is -2.29. The number of thiol groups is 1. The van der Waals surface area contributed by atoms with Crippen LogP contribution in [0.15, 0.2) is 71.6 Å². The van der Waals surface area contributed by atoms with E-state index < -0.39 is 0 Å². The number of hydrogen-bond acceptors (Lipinski definition) is 1. The highest BCUT2D eigenvalue weighted by Crippen LogP contribution is 2.11. The summed E-state index contributed by atoms with van der Waals surface area (Å²) in [5, 5.41) is 4.29. The summed E-state index contributed by atoms with van der Waals surface area (Å²) in [7, 11) is 0. The van der Waals surface area contributed by atoms with Gasteiger partial charge in [-0.05, 0) is 28.5 Å². The minimum absolute atomic E-state index is 0.0107. The zero-order valence-corrected chi connectivity index (χ0v) is 13.1. The van der Waals surface area contributed by atoms with Gasteiger partial charge < -0.3 is 0 Å². The third kappa shape index (κ3) is 3.23. The molecule has 0 saturated heterocycles. The fraction of sp³-hybridized carbons (Fsp3) is 0.100. The molecule has 0 radical (unpaired) electrons. The third-order valence-electron chi connectivity index (χ3n) is 3.75. The summed E-state index contributed by atoms with van der Waals surface area (Å²) in [5.74, 6) is -0.0107. The Morgan fingerprint density at radius 3 is 1.91 bits per heavy atom. The molecule has 0 amide bonds. The summed E-state index contributed by atoms with van der Waals surface area (Å²) >= 11 is 4.26. The second kappa shape index (κ2) is 6.80. The van der Waals surface area contributed by atoms with Crippen LogP contribution in [-0.4, -0.2) is 0 Å². The van der Waals surface area contributed by atoms with E-state index in [1.165, 1.54) is 10.8 Å². The first-order chi connectivity index (χ1) is 10.8. The highest BCUT2D eigenvalue weighted by molar-refractivity contribution is 7.80. The molecular weight excluding hydrogens is 291 g/mol. The van der Waals surface area contributed by atoms with Gasteiger partial charge >= 0.3 is 0 Å². The van der Waals surface area contributed by atoms with Crippen LogP contribution in [0.5, 0.6) is 0 Å². The standard InChI is InChI=1S/C10H9FS.C10H8/c11-9-5-1-4-8-7(9)3-2-6-10(8)12;1-2-6-10-8-4-3-7-9(10)5-1/h2-4,6,12H,1,5H2;1-8H. The topological polar surface area (TPSA) is 0 Å². The number of fused-ring (bicyclic) bond motifs is 2. The lowest BCUT2D eigenvalue weighted by Gasteiger charge is -2.03. The molecule has 0 nitrogen and oxygen atoms in total. The van der Waals surface area contributed by atoms with E-state index in [0.717, 1.165) is 16.5 Å². The Hall–Kier alpha value is -2.06. The molecule has 0 aromatic heterocycles. The Morgan fingerprint density at radius 2 is 1.36 bits per heavy atom. The second-order valence-electron chi connectivity index (χ2n) is 5.23. The summed E-state index contributed by atoms with van der Waals surface area (Å²) in [6, 6.07) is 22.2. The minimum atomic E-state index is -0.0107. The molecule has 0 aliphatic heterocycles. The van der Waals surface area contributed by atoms with Crippen molar-refractivity contribution in [3.05, 3.63) is 77.2 Å². The summed E-state index contributed by atoms with van der Waals surface area (Å²) in [6.07, 6.45) is 3.36. The van der Waals surface area contributed by atoms with E-state index in [4.69, 9.17) is 0 Å². The van der Waals surface area contributed by atoms with E-state index in [1.54, 1.807) is 6.07 Å². The first-order valence-corrected chi connectivity index (χ1v) is 7.81. The third-order valence-corrected chi connectivity index (χ3v) is 4.14. The first kappa shape index (κ1) is 14.9. The molecule has 2 heteroatoms. The van der Waals surface area contributed by atoms with Crippen LogP contribution in [0.3, 0.4) is 0 Å². The van der Waals surface area contributed by atoms with Gasteiger partial charge in [0.15, 0.2) is 0 Å². The van der Waals surface area contributed by atoms with Crippen LogP contribution in [0.25, 0.3) is 22.7 Å². The average Bonchev–Trinajstić information content (AvgIpc) is 2.57. The quantitative estimate of drug-likeness (QED) is 0.582. The van der Waals surface area contributed by atoms with Crippen LogP contribution in [0.1, 0.15) is 12.8 Å². The normalized spacial score (nSPS) is 12.9. The molecule has 0 saturated carbocycles. The Kier molecular flexibility index (Phi) is 4.59. The molecule has 0 fully saturated rings. The maximum absolute atomic E-state index is 13.2. The maximum Gasteiger partial charge on any atom is 0.108 e. The number of halogens is 1. The average molecular weight is 308 g/mol. The predicted molar refractivity (Wildman–Crippen MR) is 95.1 cm³/mol. The Bertz CT molecular complexity index is 847. The van der Waals surface area contributed by atoms with E-state index in [9.17, 15) is 4.39 Å². The molecular formula is C20H17FS. The van der Waals surface area contributed by atoms with E-state index in [2.05, 4.69) is 61.2 Å². The molecule has 4 rings (SSSR count). The van der Waals surface area contributed by atoms with Gasteiger partial charge in [-0.2, -0.15) is 0 Å². The Labute approximate surface area is 135 Å². The zero-order chi connectivity index (χ0) is 15.4. The number of rotatable bonds is 0. The van der Waals surface area contributed by atoms with Gasteiger partial charge in [-0.3, -0.25) is 0 Å². The van der Waals surface area contributed by atoms with Crippen LogP contribution >= 0.6 is 12.6 Å². The molecule has 0 atom stereocenters. The van der Waals surface area contributed by atoms with Gasteiger partial charge in [0.2, 0.25) is 0 Å². The molecule has 22 heavy (non-hydrogen) atoms. The molecule has 1 aliphatic rings. The largest absolute Gasteiger partial charge is 0.211 e.